The van der Waals surface area contributed by atoms with Crippen LogP contribution < -0.4 is 5.56 Å². The molecule has 6 rings (SSSR count). The third-order valence-corrected chi connectivity index (χ3v) is 9.87. The van der Waals surface area contributed by atoms with Gasteiger partial charge in [-0.1, -0.05) is 37.6 Å². The number of amides is 2. The molecule has 0 radical (unpaired) electrons. The summed E-state index contributed by atoms with van der Waals surface area (Å²) in [6.07, 6.45) is 4.43. The molecule has 1 N–H and O–H groups in total. The van der Waals surface area contributed by atoms with Crippen LogP contribution in [0.1, 0.15) is 78.3 Å². The van der Waals surface area contributed by atoms with Crippen LogP contribution in [-0.2, 0) is 20.8 Å². The highest BCUT2D eigenvalue weighted by Crippen LogP contribution is 2.47. The van der Waals surface area contributed by atoms with Crippen LogP contribution in [0.3, 0.4) is 0 Å². The van der Waals surface area contributed by atoms with E-state index in [1.807, 2.05) is 63.8 Å². The van der Waals surface area contributed by atoms with Gasteiger partial charge >= 0.3 is 6.09 Å². The normalized spacial score (nSPS) is 22.6. The number of morpholine rings is 1. The quantitative estimate of drug-likeness (QED) is 0.394. The number of hydrogen-bond donors (Lipinski definition) is 1. The third kappa shape index (κ3) is 6.41. The van der Waals surface area contributed by atoms with Gasteiger partial charge in [0.25, 0.3) is 5.56 Å². The van der Waals surface area contributed by atoms with Crippen LogP contribution in [0.15, 0.2) is 41.5 Å². The molecule has 3 aliphatic rings. The van der Waals surface area contributed by atoms with E-state index < -0.39 is 11.2 Å². The number of piperidine rings is 1. The first-order valence-corrected chi connectivity index (χ1v) is 16.6. The number of carbonyl (C=O) groups excluding carboxylic acids is 2. The molecular weight excluding hydrogens is 610 g/mol. The molecule has 11 nitrogen and oxygen atoms in total. The molecule has 2 aromatic heterocycles. The molecule has 2 amide bonds. The lowest BCUT2D eigenvalue weighted by Gasteiger charge is -2.40. The Morgan fingerprint density at radius 3 is 2.41 bits per heavy atom. The average molecular weight is 654 g/mol. The van der Waals surface area contributed by atoms with Crippen molar-refractivity contribution in [1.29, 1.82) is 0 Å². The highest BCUT2D eigenvalue weighted by Gasteiger charge is 2.48. The maximum atomic E-state index is 13.6. The number of fused-ring (bicyclic) bond motifs is 1. The Kier molecular flexibility index (Phi) is 8.48. The van der Waals surface area contributed by atoms with Crippen molar-refractivity contribution in [1.82, 2.24) is 23.9 Å². The van der Waals surface area contributed by atoms with Crippen LogP contribution in [0.25, 0.3) is 16.7 Å². The Morgan fingerprint density at radius 2 is 1.80 bits per heavy atom. The smallest absolute Gasteiger partial charge is 0.410 e. The molecule has 4 heterocycles. The van der Waals surface area contributed by atoms with Crippen molar-refractivity contribution in [3.8, 4) is 5.69 Å². The lowest BCUT2D eigenvalue weighted by atomic mass is 9.90. The number of nitrogens with zero attached hydrogens (tertiary/aromatic N) is 5. The number of rotatable bonds is 6. The first-order chi connectivity index (χ1) is 21.7. The van der Waals surface area contributed by atoms with E-state index in [2.05, 4.69) is 4.98 Å². The van der Waals surface area contributed by atoms with Gasteiger partial charge in [0.15, 0.2) is 5.65 Å². The van der Waals surface area contributed by atoms with E-state index >= 15 is 0 Å². The SMILES string of the molecule is CC[C@@H]1CN(C(=O)OC(C)(C)C)[C@@H](c2ccc(-n3c(Cl)cc4c(=O)n(CC5(O)CCN(C(=O)C6(C)CC6)CC5)cnc43)cc2)CO1. The number of aromatic nitrogens is 3. The number of aliphatic hydroxyl groups is 1. The molecule has 1 saturated carbocycles. The van der Waals surface area contributed by atoms with E-state index in [4.69, 9.17) is 21.1 Å². The zero-order valence-corrected chi connectivity index (χ0v) is 28.0. The summed E-state index contributed by atoms with van der Waals surface area (Å²) in [5, 5.41) is 12.0. The van der Waals surface area contributed by atoms with Crippen molar-refractivity contribution in [2.24, 2.45) is 5.41 Å². The molecule has 0 spiro atoms. The molecule has 2 aliphatic heterocycles. The van der Waals surface area contributed by atoms with Crippen molar-refractivity contribution in [2.75, 3.05) is 26.2 Å². The van der Waals surface area contributed by atoms with Crippen molar-refractivity contribution in [2.45, 2.75) is 96.6 Å². The summed E-state index contributed by atoms with van der Waals surface area (Å²) >= 11 is 6.68. The maximum Gasteiger partial charge on any atom is 0.410 e. The van der Waals surface area contributed by atoms with E-state index in [1.165, 1.54) is 10.9 Å². The first-order valence-electron chi connectivity index (χ1n) is 16.2. The van der Waals surface area contributed by atoms with Crippen molar-refractivity contribution in [3.63, 3.8) is 0 Å². The predicted octanol–water partition coefficient (Wildman–Crippen LogP) is 5.08. The Balaban J connectivity index is 1.20. The van der Waals surface area contributed by atoms with Crippen molar-refractivity contribution in [3.05, 3.63) is 57.7 Å². The predicted molar refractivity (Wildman–Crippen MR) is 174 cm³/mol. The largest absolute Gasteiger partial charge is 0.444 e. The van der Waals surface area contributed by atoms with Gasteiger partial charge in [-0.2, -0.15) is 0 Å². The summed E-state index contributed by atoms with van der Waals surface area (Å²) in [6, 6.07) is 8.89. The number of halogens is 1. The maximum absolute atomic E-state index is 13.6. The summed E-state index contributed by atoms with van der Waals surface area (Å²) in [4.78, 5) is 47.6. The number of ether oxygens (including phenoxy) is 2. The fraction of sp³-hybridized carbons (Fsp3) is 0.588. The minimum atomic E-state index is -1.12. The van der Waals surface area contributed by atoms with E-state index in [0.717, 1.165) is 24.8 Å². The second-order valence-electron chi connectivity index (χ2n) is 14.4. The van der Waals surface area contributed by atoms with Crippen LogP contribution in [-0.4, -0.2) is 84.6 Å². The molecule has 2 saturated heterocycles. The second-order valence-corrected chi connectivity index (χ2v) is 14.8. The highest BCUT2D eigenvalue weighted by molar-refractivity contribution is 6.31. The molecule has 0 bridgehead atoms. The zero-order chi connectivity index (χ0) is 33.0. The molecule has 0 unspecified atom stereocenters. The van der Waals surface area contributed by atoms with Crippen LogP contribution in [0, 0.1) is 5.41 Å². The van der Waals surface area contributed by atoms with Crippen molar-refractivity contribution >= 4 is 34.6 Å². The van der Waals surface area contributed by atoms with E-state index in [9.17, 15) is 19.5 Å². The van der Waals surface area contributed by atoms with Gasteiger partial charge in [-0.05, 0) is 76.6 Å². The fourth-order valence-corrected chi connectivity index (χ4v) is 6.72. The van der Waals surface area contributed by atoms with Crippen molar-refractivity contribution < 1.29 is 24.2 Å². The van der Waals surface area contributed by atoms with E-state index in [-0.39, 0.29) is 41.7 Å². The molecule has 3 fully saturated rings. The molecule has 46 heavy (non-hydrogen) atoms. The van der Waals surface area contributed by atoms with Gasteiger partial charge in [-0.3, -0.25) is 23.6 Å². The van der Waals surface area contributed by atoms with Gasteiger partial charge in [0, 0.05) is 24.2 Å². The molecule has 12 heteroatoms. The van der Waals surface area contributed by atoms with Crippen LogP contribution in [0.5, 0.6) is 0 Å². The molecule has 1 aliphatic carbocycles. The van der Waals surface area contributed by atoms with E-state index in [1.54, 1.807) is 15.5 Å². The van der Waals surface area contributed by atoms with Gasteiger partial charge in [0.05, 0.1) is 42.8 Å². The number of hydrogen-bond acceptors (Lipinski definition) is 7. The van der Waals surface area contributed by atoms with Crippen LogP contribution >= 0.6 is 11.6 Å². The van der Waals surface area contributed by atoms with Gasteiger partial charge < -0.3 is 19.5 Å². The standard InChI is InChI=1S/C34H44ClN5O6/c1-6-24-18-39(31(43)46-32(2,3)4)26(19-45-24)22-7-9-23(10-8-22)40-27(35)17-25-28(40)36-21-38(29(25)41)20-34(44)13-15-37(16-14-34)30(42)33(5)11-12-33/h7-10,17,21,24,26,44H,6,11-16,18-20H2,1-5H3/t24-,26-/m1/s1. The Morgan fingerprint density at radius 1 is 1.13 bits per heavy atom. The van der Waals surface area contributed by atoms with Crippen LogP contribution in [0.4, 0.5) is 4.79 Å². The highest BCUT2D eigenvalue weighted by atomic mass is 35.5. The monoisotopic (exact) mass is 653 g/mol. The fourth-order valence-electron chi connectivity index (χ4n) is 6.44. The summed E-state index contributed by atoms with van der Waals surface area (Å²) < 4.78 is 14.9. The second kappa shape index (κ2) is 12.0. The number of benzene rings is 1. The Hall–Kier alpha value is -3.41. The molecule has 1 aromatic carbocycles. The number of likely N-dealkylation sites (tertiary alicyclic amines) is 1. The minimum Gasteiger partial charge on any atom is -0.444 e. The van der Waals surface area contributed by atoms with Gasteiger partial charge in [-0.25, -0.2) is 9.78 Å². The summed E-state index contributed by atoms with van der Waals surface area (Å²) in [6.45, 7) is 11.4. The first kappa shape index (κ1) is 32.5. The van der Waals surface area contributed by atoms with Crippen LogP contribution in [0.2, 0.25) is 5.15 Å². The third-order valence-electron chi connectivity index (χ3n) is 9.59. The zero-order valence-electron chi connectivity index (χ0n) is 27.3. The minimum absolute atomic E-state index is 0.0585. The van der Waals surface area contributed by atoms with Gasteiger partial charge in [0.2, 0.25) is 5.91 Å². The van der Waals surface area contributed by atoms with Gasteiger partial charge in [-0.15, -0.1) is 0 Å². The summed E-state index contributed by atoms with van der Waals surface area (Å²) in [5.41, 5.74) is -0.261. The van der Waals surface area contributed by atoms with E-state index in [0.29, 0.717) is 61.0 Å². The summed E-state index contributed by atoms with van der Waals surface area (Å²) in [5.74, 6) is 0.163. The van der Waals surface area contributed by atoms with Gasteiger partial charge in [0.1, 0.15) is 17.1 Å². The number of carbonyl (C=O) groups is 2. The molecule has 248 valence electrons. The summed E-state index contributed by atoms with van der Waals surface area (Å²) in [7, 11) is 0. The average Bonchev–Trinajstić information content (AvgIpc) is 3.68. The molecule has 3 aromatic rings. The molecule has 2 atom stereocenters. The molecular formula is C34H44ClN5O6. The lowest BCUT2D eigenvalue weighted by Crippen LogP contribution is -2.51. The lowest BCUT2D eigenvalue weighted by molar-refractivity contribution is -0.141. The topological polar surface area (TPSA) is 119 Å². The Bertz CT molecular complexity index is 1680. The Labute approximate surface area is 274 Å².